The Labute approximate surface area is 143 Å². The summed E-state index contributed by atoms with van der Waals surface area (Å²) in [6.07, 6.45) is 3.02. The number of rotatable bonds is 7. The lowest BCUT2D eigenvalue weighted by Crippen LogP contribution is -1.93. The second-order valence-electron chi connectivity index (χ2n) is 5.24. The lowest BCUT2D eigenvalue weighted by Gasteiger charge is -2.12. The van der Waals surface area contributed by atoms with E-state index in [4.69, 9.17) is 18.9 Å². The summed E-state index contributed by atoms with van der Waals surface area (Å²) in [4.78, 5) is 0. The van der Waals surface area contributed by atoms with Crippen molar-refractivity contribution in [3.8, 4) is 23.0 Å². The van der Waals surface area contributed by atoms with Gasteiger partial charge in [0.15, 0.2) is 11.5 Å². The van der Waals surface area contributed by atoms with Gasteiger partial charge in [-0.05, 0) is 47.4 Å². The molecule has 0 radical (unpaired) electrons. The second-order valence-corrected chi connectivity index (χ2v) is 5.24. The zero-order valence-corrected chi connectivity index (χ0v) is 14.9. The summed E-state index contributed by atoms with van der Waals surface area (Å²) in [5.41, 5.74) is 3.31. The van der Waals surface area contributed by atoms with Crippen LogP contribution in [0.5, 0.6) is 23.0 Å². The predicted octanol–water partition coefficient (Wildman–Crippen LogP) is 4.67. The van der Waals surface area contributed by atoms with Gasteiger partial charge in [0, 0.05) is 6.07 Å². The highest BCUT2D eigenvalue weighted by atomic mass is 16.5. The van der Waals surface area contributed by atoms with Crippen LogP contribution in [0.25, 0.3) is 11.6 Å². The second kappa shape index (κ2) is 8.29. The maximum absolute atomic E-state index is 5.40. The molecule has 0 bridgehead atoms. The molecule has 0 aromatic heterocycles. The molecule has 0 fully saturated rings. The highest BCUT2D eigenvalue weighted by Gasteiger charge is 2.08. The summed E-state index contributed by atoms with van der Waals surface area (Å²) in [6, 6.07) is 11.8. The smallest absolute Gasteiger partial charge is 0.161 e. The van der Waals surface area contributed by atoms with Crippen LogP contribution in [0.3, 0.4) is 0 Å². The molecule has 24 heavy (non-hydrogen) atoms. The summed E-state index contributed by atoms with van der Waals surface area (Å²) in [6.45, 7) is 2.12. The monoisotopic (exact) mass is 328 g/mol. The van der Waals surface area contributed by atoms with Crippen LogP contribution in [-0.4, -0.2) is 28.4 Å². The van der Waals surface area contributed by atoms with Crippen LogP contribution in [-0.2, 0) is 0 Å². The molecule has 0 aliphatic carbocycles. The van der Waals surface area contributed by atoms with E-state index in [2.05, 4.69) is 13.0 Å². The topological polar surface area (TPSA) is 36.9 Å². The highest BCUT2D eigenvalue weighted by Crippen LogP contribution is 2.33. The van der Waals surface area contributed by atoms with E-state index in [1.54, 1.807) is 28.4 Å². The molecule has 0 aliphatic rings. The van der Waals surface area contributed by atoms with E-state index >= 15 is 0 Å². The third-order valence-corrected chi connectivity index (χ3v) is 3.85. The van der Waals surface area contributed by atoms with E-state index in [-0.39, 0.29) is 0 Å². The van der Waals surface area contributed by atoms with Crippen LogP contribution in [0.2, 0.25) is 0 Å². The largest absolute Gasteiger partial charge is 0.497 e. The molecule has 0 saturated carbocycles. The number of methoxy groups -OCH3 is 4. The van der Waals surface area contributed by atoms with Crippen LogP contribution in [0, 0.1) is 0 Å². The maximum Gasteiger partial charge on any atom is 0.161 e. The van der Waals surface area contributed by atoms with Gasteiger partial charge in [-0.25, -0.2) is 0 Å². The van der Waals surface area contributed by atoms with Gasteiger partial charge in [-0.15, -0.1) is 0 Å². The van der Waals surface area contributed by atoms with Crippen LogP contribution in [0.4, 0.5) is 0 Å². The molecule has 2 aromatic carbocycles. The van der Waals surface area contributed by atoms with Gasteiger partial charge >= 0.3 is 0 Å². The van der Waals surface area contributed by atoms with Crippen molar-refractivity contribution >= 4 is 11.6 Å². The van der Waals surface area contributed by atoms with Gasteiger partial charge in [-0.2, -0.15) is 0 Å². The van der Waals surface area contributed by atoms with Crippen LogP contribution in [0.1, 0.15) is 24.5 Å². The summed E-state index contributed by atoms with van der Waals surface area (Å²) in [7, 11) is 6.58. The summed E-state index contributed by atoms with van der Waals surface area (Å²) < 4.78 is 21.4. The summed E-state index contributed by atoms with van der Waals surface area (Å²) in [5, 5.41) is 0. The minimum atomic E-state index is 0.720. The molecule has 2 rings (SSSR count). The Kier molecular flexibility index (Phi) is 6.13. The van der Waals surface area contributed by atoms with Crippen molar-refractivity contribution in [2.24, 2.45) is 0 Å². The Morgan fingerprint density at radius 1 is 0.792 bits per heavy atom. The van der Waals surface area contributed by atoms with E-state index in [1.807, 2.05) is 36.4 Å². The van der Waals surface area contributed by atoms with Crippen molar-refractivity contribution in [1.82, 2.24) is 0 Å². The first-order valence-electron chi connectivity index (χ1n) is 7.81. The van der Waals surface area contributed by atoms with Crippen molar-refractivity contribution < 1.29 is 18.9 Å². The molecule has 4 nitrogen and oxygen atoms in total. The van der Waals surface area contributed by atoms with Gasteiger partial charge in [-0.1, -0.05) is 19.1 Å². The van der Waals surface area contributed by atoms with E-state index in [9.17, 15) is 0 Å². The number of hydrogen-bond acceptors (Lipinski definition) is 4. The lowest BCUT2D eigenvalue weighted by molar-refractivity contribution is 0.355. The van der Waals surface area contributed by atoms with Gasteiger partial charge in [0.1, 0.15) is 11.5 Å². The van der Waals surface area contributed by atoms with E-state index in [1.165, 1.54) is 5.57 Å². The molecule has 0 atom stereocenters. The first-order chi connectivity index (χ1) is 11.6. The fraction of sp³-hybridized carbons (Fsp3) is 0.300. The highest BCUT2D eigenvalue weighted by molar-refractivity contribution is 5.82. The Morgan fingerprint density at radius 2 is 1.42 bits per heavy atom. The van der Waals surface area contributed by atoms with Gasteiger partial charge in [0.2, 0.25) is 0 Å². The molecule has 0 aliphatic heterocycles. The van der Waals surface area contributed by atoms with Crippen molar-refractivity contribution in [3.63, 3.8) is 0 Å². The fourth-order valence-corrected chi connectivity index (χ4v) is 2.54. The molecular weight excluding hydrogens is 304 g/mol. The normalized spacial score (nSPS) is 11.1. The zero-order chi connectivity index (χ0) is 17.5. The number of ether oxygens (including phenoxy) is 4. The Balaban J connectivity index is 2.46. The molecule has 2 aromatic rings. The van der Waals surface area contributed by atoms with Crippen LogP contribution < -0.4 is 18.9 Å². The minimum Gasteiger partial charge on any atom is -0.497 e. The molecule has 0 saturated heterocycles. The molecule has 4 heteroatoms. The van der Waals surface area contributed by atoms with E-state index in [0.29, 0.717) is 0 Å². The van der Waals surface area contributed by atoms with Crippen molar-refractivity contribution in [2.75, 3.05) is 28.4 Å². The molecule has 0 spiro atoms. The average molecular weight is 328 g/mol. The van der Waals surface area contributed by atoms with Gasteiger partial charge in [0.25, 0.3) is 0 Å². The Bertz CT molecular complexity index is 697. The molecule has 128 valence electrons. The van der Waals surface area contributed by atoms with E-state index < -0.39 is 0 Å². The fourth-order valence-electron chi connectivity index (χ4n) is 2.54. The first-order valence-corrected chi connectivity index (χ1v) is 7.81. The van der Waals surface area contributed by atoms with Gasteiger partial charge < -0.3 is 18.9 Å². The van der Waals surface area contributed by atoms with Gasteiger partial charge in [0.05, 0.1) is 28.4 Å². The van der Waals surface area contributed by atoms with E-state index in [0.717, 1.165) is 40.5 Å². The SMILES string of the molecule is CC/C(=C\c1cc(OC)cc(OC)c1)c1ccc(OC)c(OC)c1. The predicted molar refractivity (Wildman–Crippen MR) is 97.3 cm³/mol. The number of benzene rings is 2. The lowest BCUT2D eigenvalue weighted by atomic mass is 10.00. The van der Waals surface area contributed by atoms with Crippen LogP contribution >= 0.6 is 0 Å². The third-order valence-electron chi connectivity index (χ3n) is 3.85. The number of hydrogen-bond donors (Lipinski definition) is 0. The molecular formula is C20H24O4. The van der Waals surface area contributed by atoms with Crippen molar-refractivity contribution in [3.05, 3.63) is 47.5 Å². The molecule has 0 amide bonds. The average Bonchev–Trinajstić information content (AvgIpc) is 2.65. The van der Waals surface area contributed by atoms with Crippen molar-refractivity contribution in [2.45, 2.75) is 13.3 Å². The Morgan fingerprint density at radius 3 is 1.92 bits per heavy atom. The quantitative estimate of drug-likeness (QED) is 0.692. The third kappa shape index (κ3) is 4.02. The molecule has 0 heterocycles. The standard InChI is InChI=1S/C20H24O4/c1-6-15(16-7-8-19(23-4)20(12-16)24-5)9-14-10-17(21-2)13-18(11-14)22-3/h7-13H,6H2,1-5H3/b15-9+. The summed E-state index contributed by atoms with van der Waals surface area (Å²) >= 11 is 0. The minimum absolute atomic E-state index is 0.720. The number of allylic oxidation sites excluding steroid dienone is 1. The van der Waals surface area contributed by atoms with Crippen LogP contribution in [0.15, 0.2) is 36.4 Å². The van der Waals surface area contributed by atoms with Crippen molar-refractivity contribution in [1.29, 1.82) is 0 Å². The molecule has 0 N–H and O–H groups in total. The zero-order valence-electron chi connectivity index (χ0n) is 14.9. The first kappa shape index (κ1) is 17.7. The van der Waals surface area contributed by atoms with Gasteiger partial charge in [-0.3, -0.25) is 0 Å². The summed E-state index contributed by atoms with van der Waals surface area (Å²) in [5.74, 6) is 2.98. The maximum atomic E-state index is 5.40. The molecule has 0 unspecified atom stereocenters. The Hall–Kier alpha value is -2.62.